The molecule has 2 heterocycles. The Hall–Kier alpha value is -1.56. The Bertz CT molecular complexity index is 717. The van der Waals surface area contributed by atoms with Gasteiger partial charge in [-0.2, -0.15) is 0 Å². The van der Waals surface area contributed by atoms with Crippen molar-refractivity contribution in [3.8, 4) is 0 Å². The van der Waals surface area contributed by atoms with Crippen molar-refractivity contribution >= 4 is 41.1 Å². The fourth-order valence-corrected chi connectivity index (χ4v) is 3.97. The highest BCUT2D eigenvalue weighted by molar-refractivity contribution is 6.35. The van der Waals surface area contributed by atoms with Crippen LogP contribution in [0.1, 0.15) is 24.8 Å². The normalized spacial score (nSPS) is 19.1. The second-order valence-corrected chi connectivity index (χ2v) is 7.85. The van der Waals surface area contributed by atoms with E-state index in [2.05, 4.69) is 4.90 Å². The zero-order valence-electron chi connectivity index (χ0n) is 15.4. The Labute approximate surface area is 170 Å². The Morgan fingerprint density at radius 2 is 1.81 bits per heavy atom. The second-order valence-electron chi connectivity index (χ2n) is 7.00. The van der Waals surface area contributed by atoms with Crippen molar-refractivity contribution < 1.29 is 9.59 Å². The van der Waals surface area contributed by atoms with E-state index in [0.29, 0.717) is 36.1 Å². The van der Waals surface area contributed by atoms with Gasteiger partial charge in [0.05, 0.1) is 0 Å². The Morgan fingerprint density at radius 1 is 1.04 bits per heavy atom. The van der Waals surface area contributed by atoms with Crippen LogP contribution in [0.2, 0.25) is 10.0 Å². The van der Waals surface area contributed by atoms with Gasteiger partial charge in [-0.25, -0.2) is 0 Å². The van der Waals surface area contributed by atoms with Gasteiger partial charge in [-0.3, -0.25) is 9.59 Å². The van der Waals surface area contributed by atoms with Crippen molar-refractivity contribution in [1.29, 1.82) is 0 Å². The number of amides is 2. The van der Waals surface area contributed by atoms with E-state index in [0.717, 1.165) is 31.7 Å². The van der Waals surface area contributed by atoms with E-state index in [9.17, 15) is 9.59 Å². The molecule has 5 nitrogen and oxygen atoms in total. The lowest BCUT2D eigenvalue weighted by Crippen LogP contribution is -2.39. The average molecular weight is 410 g/mol. The predicted molar refractivity (Wildman–Crippen MR) is 109 cm³/mol. The summed E-state index contributed by atoms with van der Waals surface area (Å²) in [6.45, 7) is 5.54. The third kappa shape index (κ3) is 5.71. The first-order chi connectivity index (χ1) is 13.0. The van der Waals surface area contributed by atoms with Crippen LogP contribution in [0.25, 0.3) is 6.08 Å². The van der Waals surface area contributed by atoms with Crippen LogP contribution in [0.5, 0.6) is 0 Å². The Morgan fingerprint density at radius 3 is 2.56 bits per heavy atom. The minimum Gasteiger partial charge on any atom is -0.340 e. The molecule has 2 aliphatic heterocycles. The minimum atomic E-state index is -0.102. The maximum absolute atomic E-state index is 12.5. The molecule has 146 valence electrons. The SMILES string of the molecule is O=C(C=Cc1ccc(Cl)cc1Cl)N1CCC(=O)N(CCN2CCCC2)CC1. The van der Waals surface area contributed by atoms with Gasteiger partial charge in [0.15, 0.2) is 0 Å². The van der Waals surface area contributed by atoms with E-state index < -0.39 is 0 Å². The van der Waals surface area contributed by atoms with Gasteiger partial charge in [-0.05, 0) is 49.7 Å². The number of carbonyl (C=O) groups is 2. The molecule has 2 aliphatic rings. The molecule has 0 radical (unpaired) electrons. The molecule has 7 heteroatoms. The third-order valence-electron chi connectivity index (χ3n) is 5.15. The van der Waals surface area contributed by atoms with E-state index in [1.807, 2.05) is 4.90 Å². The average Bonchev–Trinajstić information content (AvgIpc) is 3.09. The molecule has 1 aromatic rings. The van der Waals surface area contributed by atoms with E-state index in [4.69, 9.17) is 23.2 Å². The van der Waals surface area contributed by atoms with Crippen LogP contribution in [0.3, 0.4) is 0 Å². The maximum Gasteiger partial charge on any atom is 0.246 e. The number of halogens is 2. The fourth-order valence-electron chi connectivity index (χ4n) is 3.50. The van der Waals surface area contributed by atoms with Crippen molar-refractivity contribution in [2.24, 2.45) is 0 Å². The lowest BCUT2D eigenvalue weighted by molar-refractivity contribution is -0.130. The van der Waals surface area contributed by atoms with Crippen molar-refractivity contribution in [3.05, 3.63) is 39.9 Å². The summed E-state index contributed by atoms with van der Waals surface area (Å²) in [6, 6.07) is 5.16. The number of nitrogens with zero attached hydrogens (tertiary/aromatic N) is 3. The summed E-state index contributed by atoms with van der Waals surface area (Å²) in [5, 5.41) is 1.06. The second kappa shape index (κ2) is 9.58. The molecule has 0 unspecified atom stereocenters. The predicted octanol–water partition coefficient (Wildman–Crippen LogP) is 3.16. The van der Waals surface area contributed by atoms with Crippen LogP contribution in [0.4, 0.5) is 0 Å². The van der Waals surface area contributed by atoms with Gasteiger partial charge >= 0.3 is 0 Å². The highest BCUT2D eigenvalue weighted by atomic mass is 35.5. The Balaban J connectivity index is 1.53. The Kier molecular flexibility index (Phi) is 7.16. The summed E-state index contributed by atoms with van der Waals surface area (Å²) in [5.41, 5.74) is 0.743. The monoisotopic (exact) mass is 409 g/mol. The van der Waals surface area contributed by atoms with E-state index in [1.54, 1.807) is 29.2 Å². The molecule has 0 N–H and O–H groups in total. The first kappa shape index (κ1) is 20.2. The van der Waals surface area contributed by atoms with Crippen LogP contribution in [0, 0.1) is 0 Å². The molecule has 0 atom stereocenters. The van der Waals surface area contributed by atoms with Crippen molar-refractivity contribution in [2.45, 2.75) is 19.3 Å². The minimum absolute atomic E-state index is 0.102. The van der Waals surface area contributed by atoms with Crippen molar-refractivity contribution in [2.75, 3.05) is 45.8 Å². The highest BCUT2D eigenvalue weighted by Gasteiger charge is 2.23. The summed E-state index contributed by atoms with van der Waals surface area (Å²) in [4.78, 5) is 30.9. The number of rotatable bonds is 5. The van der Waals surface area contributed by atoms with E-state index >= 15 is 0 Å². The van der Waals surface area contributed by atoms with Gasteiger partial charge in [0.2, 0.25) is 11.8 Å². The van der Waals surface area contributed by atoms with Gasteiger partial charge in [-0.15, -0.1) is 0 Å². The van der Waals surface area contributed by atoms with Crippen LogP contribution in [-0.4, -0.2) is 72.3 Å². The number of hydrogen-bond donors (Lipinski definition) is 0. The molecule has 0 aromatic heterocycles. The molecule has 0 spiro atoms. The zero-order valence-corrected chi connectivity index (χ0v) is 16.9. The van der Waals surface area contributed by atoms with Crippen molar-refractivity contribution in [1.82, 2.24) is 14.7 Å². The summed E-state index contributed by atoms with van der Waals surface area (Å²) in [5.74, 6) is 0.0319. The molecule has 2 saturated heterocycles. The largest absolute Gasteiger partial charge is 0.340 e. The maximum atomic E-state index is 12.5. The lowest BCUT2D eigenvalue weighted by Gasteiger charge is -2.24. The van der Waals surface area contributed by atoms with Crippen LogP contribution >= 0.6 is 23.2 Å². The molecule has 0 saturated carbocycles. The van der Waals surface area contributed by atoms with Gasteiger partial charge in [-0.1, -0.05) is 29.3 Å². The molecular weight excluding hydrogens is 385 g/mol. The number of likely N-dealkylation sites (tertiary alicyclic amines) is 1. The molecule has 2 amide bonds. The van der Waals surface area contributed by atoms with Crippen LogP contribution < -0.4 is 0 Å². The van der Waals surface area contributed by atoms with E-state index in [1.165, 1.54) is 18.9 Å². The molecule has 0 aliphatic carbocycles. The summed E-state index contributed by atoms with van der Waals surface area (Å²) in [7, 11) is 0. The summed E-state index contributed by atoms with van der Waals surface area (Å²) >= 11 is 12.0. The first-order valence-corrected chi connectivity index (χ1v) is 10.2. The molecule has 0 bridgehead atoms. The lowest BCUT2D eigenvalue weighted by atomic mass is 10.2. The number of benzene rings is 1. The third-order valence-corrected chi connectivity index (χ3v) is 5.72. The zero-order chi connectivity index (χ0) is 19.2. The summed E-state index contributed by atoms with van der Waals surface area (Å²) < 4.78 is 0. The molecular formula is C20H25Cl2N3O2. The smallest absolute Gasteiger partial charge is 0.246 e. The number of carbonyl (C=O) groups excluding carboxylic acids is 2. The summed E-state index contributed by atoms with van der Waals surface area (Å²) in [6.07, 6.45) is 6.08. The molecule has 1 aromatic carbocycles. The van der Waals surface area contributed by atoms with Crippen LogP contribution in [-0.2, 0) is 9.59 Å². The molecule has 2 fully saturated rings. The first-order valence-electron chi connectivity index (χ1n) is 9.45. The van der Waals surface area contributed by atoms with Gasteiger partial charge in [0.25, 0.3) is 0 Å². The van der Waals surface area contributed by atoms with E-state index in [-0.39, 0.29) is 11.8 Å². The van der Waals surface area contributed by atoms with Crippen molar-refractivity contribution in [3.63, 3.8) is 0 Å². The highest BCUT2D eigenvalue weighted by Crippen LogP contribution is 2.22. The van der Waals surface area contributed by atoms with Gasteiger partial charge < -0.3 is 14.7 Å². The topological polar surface area (TPSA) is 43.9 Å². The fraction of sp³-hybridized carbons (Fsp3) is 0.500. The van der Waals surface area contributed by atoms with Gasteiger partial charge in [0.1, 0.15) is 0 Å². The molecule has 3 rings (SSSR count). The standard InChI is InChI=1S/C20H25Cl2N3O2/c21-17-5-3-16(18(22)15-17)4-6-19(26)24-10-7-20(27)25(14-13-24)12-11-23-8-1-2-9-23/h3-6,15H,1-2,7-14H2. The van der Waals surface area contributed by atoms with Gasteiger partial charge in [0, 0.05) is 55.3 Å². The number of hydrogen-bond acceptors (Lipinski definition) is 3. The van der Waals surface area contributed by atoms with Crippen LogP contribution in [0.15, 0.2) is 24.3 Å². The quantitative estimate of drug-likeness (QED) is 0.701. The molecule has 27 heavy (non-hydrogen) atoms.